The highest BCUT2D eigenvalue weighted by molar-refractivity contribution is 14.0. The Morgan fingerprint density at radius 1 is 1.36 bits per heavy atom. The smallest absolute Gasteiger partial charge is 0.310 e. The molecule has 130 valence electrons. The van der Waals surface area contributed by atoms with Gasteiger partial charge >= 0.3 is 5.97 Å². The highest BCUT2D eigenvalue weighted by Gasteiger charge is 2.13. The lowest BCUT2D eigenvalue weighted by Crippen LogP contribution is -2.44. The molecule has 0 aromatic heterocycles. The van der Waals surface area contributed by atoms with Crippen LogP contribution < -0.4 is 10.6 Å². The van der Waals surface area contributed by atoms with Crippen LogP contribution in [0.2, 0.25) is 0 Å². The number of carbonyl (C=O) groups excluding carboxylic acids is 1. The van der Waals surface area contributed by atoms with Crippen molar-refractivity contribution in [2.75, 3.05) is 59.6 Å². The zero-order valence-corrected chi connectivity index (χ0v) is 16.1. The molecule has 1 heterocycles. The molecule has 1 saturated heterocycles. The lowest BCUT2D eigenvalue weighted by molar-refractivity contribution is -0.144. The van der Waals surface area contributed by atoms with E-state index in [4.69, 9.17) is 9.47 Å². The molecule has 0 aromatic carbocycles. The number of esters is 1. The van der Waals surface area contributed by atoms with Crippen LogP contribution in [0.25, 0.3) is 0 Å². The summed E-state index contributed by atoms with van der Waals surface area (Å²) in [5.41, 5.74) is 0. The van der Waals surface area contributed by atoms with E-state index in [1.54, 1.807) is 0 Å². The summed E-state index contributed by atoms with van der Waals surface area (Å²) in [7, 11) is 1.40. The number of hydrogen-bond acceptors (Lipinski definition) is 5. The van der Waals surface area contributed by atoms with E-state index in [0.29, 0.717) is 6.54 Å². The lowest BCUT2D eigenvalue weighted by Gasteiger charge is -2.26. The highest BCUT2D eigenvalue weighted by atomic mass is 127. The summed E-state index contributed by atoms with van der Waals surface area (Å²) in [6.07, 6.45) is 0. The average Bonchev–Trinajstić information content (AvgIpc) is 2.52. The second-order valence-electron chi connectivity index (χ2n) is 5.02. The normalized spacial score (nSPS) is 17.3. The van der Waals surface area contributed by atoms with E-state index in [2.05, 4.69) is 20.5 Å². The van der Waals surface area contributed by atoms with Crippen LogP contribution in [0.15, 0.2) is 4.99 Å². The minimum absolute atomic E-state index is 0. The van der Waals surface area contributed by atoms with E-state index in [9.17, 15) is 4.79 Å². The molecule has 8 heteroatoms. The first-order chi connectivity index (χ1) is 10.2. The predicted octanol–water partition coefficient (Wildman–Crippen LogP) is 0.301. The van der Waals surface area contributed by atoms with Crippen LogP contribution in [0, 0.1) is 5.92 Å². The van der Waals surface area contributed by atoms with Crippen LogP contribution in [0.5, 0.6) is 0 Å². The third kappa shape index (κ3) is 8.74. The number of rotatable bonds is 7. The highest BCUT2D eigenvalue weighted by Crippen LogP contribution is 1.98. The van der Waals surface area contributed by atoms with Crippen molar-refractivity contribution in [2.24, 2.45) is 10.9 Å². The number of methoxy groups -OCH3 is 1. The third-order valence-corrected chi connectivity index (χ3v) is 3.30. The molecule has 1 unspecified atom stereocenters. The van der Waals surface area contributed by atoms with Gasteiger partial charge in [0, 0.05) is 32.7 Å². The number of ether oxygens (including phenoxy) is 2. The Morgan fingerprint density at radius 2 is 2.05 bits per heavy atom. The molecule has 0 aromatic rings. The van der Waals surface area contributed by atoms with E-state index in [1.807, 2.05) is 13.8 Å². The van der Waals surface area contributed by atoms with Gasteiger partial charge in [0.1, 0.15) is 0 Å². The summed E-state index contributed by atoms with van der Waals surface area (Å²) >= 11 is 0. The molecule has 0 bridgehead atoms. The van der Waals surface area contributed by atoms with Crippen molar-refractivity contribution in [2.45, 2.75) is 13.8 Å². The molecule has 7 nitrogen and oxygen atoms in total. The van der Waals surface area contributed by atoms with Gasteiger partial charge in [-0.3, -0.25) is 14.7 Å². The third-order valence-electron chi connectivity index (χ3n) is 3.30. The first kappa shape index (κ1) is 21.4. The van der Waals surface area contributed by atoms with Crippen LogP contribution in [0.1, 0.15) is 13.8 Å². The maximum Gasteiger partial charge on any atom is 0.310 e. The fourth-order valence-corrected chi connectivity index (χ4v) is 2.00. The van der Waals surface area contributed by atoms with Gasteiger partial charge in [0.2, 0.25) is 0 Å². The van der Waals surface area contributed by atoms with Crippen LogP contribution >= 0.6 is 24.0 Å². The Hall–Kier alpha value is -0.610. The molecule has 0 spiro atoms. The Kier molecular flexibility index (Phi) is 12.5. The minimum atomic E-state index is -0.233. The zero-order valence-electron chi connectivity index (χ0n) is 13.8. The molecule has 0 saturated carbocycles. The standard InChI is InChI=1S/C14H28N4O3.HI/c1-4-15-14(17-11-12(2)13(19)20-3)16-5-6-18-7-9-21-10-8-18;/h12H,4-11H2,1-3H3,(H2,15,16,17);1H. The van der Waals surface area contributed by atoms with Crippen molar-refractivity contribution in [3.8, 4) is 0 Å². The molecule has 1 atom stereocenters. The Bertz CT molecular complexity index is 336. The van der Waals surface area contributed by atoms with Crippen molar-refractivity contribution in [1.82, 2.24) is 15.5 Å². The minimum Gasteiger partial charge on any atom is -0.469 e. The SMILES string of the molecule is CCNC(=NCC(C)C(=O)OC)NCCN1CCOCC1.I. The van der Waals surface area contributed by atoms with Gasteiger partial charge in [0.25, 0.3) is 0 Å². The van der Waals surface area contributed by atoms with Crippen molar-refractivity contribution in [3.63, 3.8) is 0 Å². The number of morpholine rings is 1. The van der Waals surface area contributed by atoms with Gasteiger partial charge in [-0.05, 0) is 6.92 Å². The molecular weight excluding hydrogens is 399 g/mol. The molecule has 22 heavy (non-hydrogen) atoms. The summed E-state index contributed by atoms with van der Waals surface area (Å²) in [4.78, 5) is 18.1. The summed E-state index contributed by atoms with van der Waals surface area (Å²) in [6.45, 7) is 10.4. The Labute approximate surface area is 150 Å². The first-order valence-electron chi connectivity index (χ1n) is 7.57. The fraction of sp³-hybridized carbons (Fsp3) is 0.857. The van der Waals surface area contributed by atoms with Gasteiger partial charge < -0.3 is 20.1 Å². The van der Waals surface area contributed by atoms with Gasteiger partial charge in [-0.2, -0.15) is 0 Å². The van der Waals surface area contributed by atoms with E-state index in [1.165, 1.54) is 7.11 Å². The molecule has 0 amide bonds. The molecule has 1 rings (SSSR count). The fourth-order valence-electron chi connectivity index (χ4n) is 2.00. The number of halogens is 1. The summed E-state index contributed by atoms with van der Waals surface area (Å²) in [6, 6.07) is 0. The quantitative estimate of drug-likeness (QED) is 0.263. The molecule has 1 fully saturated rings. The number of aliphatic imine (C=N–C) groups is 1. The maximum atomic E-state index is 11.4. The van der Waals surface area contributed by atoms with E-state index >= 15 is 0 Å². The van der Waals surface area contributed by atoms with Gasteiger partial charge in [-0.15, -0.1) is 24.0 Å². The second kappa shape index (κ2) is 12.9. The van der Waals surface area contributed by atoms with Gasteiger partial charge in [-0.1, -0.05) is 6.92 Å². The van der Waals surface area contributed by atoms with E-state index < -0.39 is 0 Å². The van der Waals surface area contributed by atoms with E-state index in [0.717, 1.165) is 51.9 Å². The van der Waals surface area contributed by atoms with Crippen LogP contribution in [-0.2, 0) is 14.3 Å². The molecule has 1 aliphatic rings. The van der Waals surface area contributed by atoms with Gasteiger partial charge in [-0.25, -0.2) is 0 Å². The van der Waals surface area contributed by atoms with Crippen molar-refractivity contribution >= 4 is 35.9 Å². The largest absolute Gasteiger partial charge is 0.469 e. The molecule has 2 N–H and O–H groups in total. The first-order valence-corrected chi connectivity index (χ1v) is 7.57. The van der Waals surface area contributed by atoms with Crippen LogP contribution in [0.4, 0.5) is 0 Å². The van der Waals surface area contributed by atoms with Gasteiger partial charge in [0.05, 0.1) is 32.8 Å². The van der Waals surface area contributed by atoms with Crippen molar-refractivity contribution in [3.05, 3.63) is 0 Å². The monoisotopic (exact) mass is 428 g/mol. The zero-order chi connectivity index (χ0) is 15.5. The van der Waals surface area contributed by atoms with Crippen molar-refractivity contribution in [1.29, 1.82) is 0 Å². The maximum absolute atomic E-state index is 11.4. The second-order valence-corrected chi connectivity index (χ2v) is 5.02. The predicted molar refractivity (Wildman–Crippen MR) is 97.8 cm³/mol. The van der Waals surface area contributed by atoms with Crippen LogP contribution in [-0.4, -0.2) is 76.4 Å². The number of nitrogens with zero attached hydrogens (tertiary/aromatic N) is 2. The number of guanidine groups is 1. The lowest BCUT2D eigenvalue weighted by atomic mass is 10.2. The molecule has 1 aliphatic heterocycles. The Balaban J connectivity index is 0.00000441. The van der Waals surface area contributed by atoms with Crippen LogP contribution in [0.3, 0.4) is 0 Å². The summed E-state index contributed by atoms with van der Waals surface area (Å²) in [5, 5.41) is 6.46. The average molecular weight is 428 g/mol. The molecule has 0 aliphatic carbocycles. The summed E-state index contributed by atoms with van der Waals surface area (Å²) in [5.74, 6) is 0.272. The number of hydrogen-bond donors (Lipinski definition) is 2. The molecule has 0 radical (unpaired) electrons. The van der Waals surface area contributed by atoms with E-state index in [-0.39, 0.29) is 35.9 Å². The Morgan fingerprint density at radius 3 is 2.64 bits per heavy atom. The number of nitrogens with one attached hydrogen (secondary N) is 2. The summed E-state index contributed by atoms with van der Waals surface area (Å²) < 4.78 is 10.0. The topological polar surface area (TPSA) is 75.2 Å². The number of carbonyl (C=O) groups is 1. The molecular formula is C14H29IN4O3. The van der Waals surface area contributed by atoms with Gasteiger partial charge in [0.15, 0.2) is 5.96 Å². The van der Waals surface area contributed by atoms with Crippen molar-refractivity contribution < 1.29 is 14.3 Å².